The van der Waals surface area contributed by atoms with Crippen LogP contribution in [-0.4, -0.2) is 45.4 Å². The maximum atomic E-state index is 14.5. The highest BCUT2D eigenvalue weighted by Crippen LogP contribution is 2.68. The van der Waals surface area contributed by atoms with E-state index in [2.05, 4.69) is 0 Å². The number of aromatic hydroxyl groups is 1. The summed E-state index contributed by atoms with van der Waals surface area (Å²) in [6.07, 6.45) is 10.8. The van der Waals surface area contributed by atoms with E-state index in [1.807, 2.05) is 53.7 Å². The van der Waals surface area contributed by atoms with Gasteiger partial charge in [-0.1, -0.05) is 23.8 Å². The summed E-state index contributed by atoms with van der Waals surface area (Å²) in [5, 5.41) is 11.5. The van der Waals surface area contributed by atoms with E-state index in [1.54, 1.807) is 25.2 Å². The molecule has 2 fully saturated rings. The summed E-state index contributed by atoms with van der Waals surface area (Å²) in [6, 6.07) is 0. The Bertz CT molecular complexity index is 1510. The normalized spacial score (nSPS) is 31.9. The molecule has 1 saturated heterocycles. The van der Waals surface area contributed by atoms with Gasteiger partial charge >= 0.3 is 0 Å². The molecule has 40 heavy (non-hydrogen) atoms. The van der Waals surface area contributed by atoms with Crippen LogP contribution in [0.15, 0.2) is 41.0 Å². The summed E-state index contributed by atoms with van der Waals surface area (Å²) >= 11 is 0. The van der Waals surface area contributed by atoms with Gasteiger partial charge in [0.2, 0.25) is 0 Å². The van der Waals surface area contributed by atoms with E-state index in [4.69, 9.17) is 14.2 Å². The number of carbonyl (C=O) groups excluding carboxylic acids is 3. The van der Waals surface area contributed by atoms with Gasteiger partial charge in [-0.25, -0.2) is 0 Å². The number of fused-ring (bicyclic) bond motifs is 2. The largest absolute Gasteiger partial charge is 0.506 e. The Kier molecular flexibility index (Phi) is 5.54. The van der Waals surface area contributed by atoms with E-state index in [0.717, 1.165) is 11.9 Å². The number of phenolic OH excluding ortho intramolecular Hbond substituents is 1. The summed E-state index contributed by atoms with van der Waals surface area (Å²) in [5.41, 5.74) is -1.26. The van der Waals surface area contributed by atoms with Gasteiger partial charge in [-0.15, -0.1) is 0 Å². The molecule has 1 spiro atoms. The molecule has 1 N–H and O–H groups in total. The van der Waals surface area contributed by atoms with E-state index in [1.165, 1.54) is 0 Å². The molecular weight excluding hydrogens is 508 g/mol. The topological polar surface area (TPSA) is 99.1 Å². The highest BCUT2D eigenvalue weighted by Gasteiger charge is 2.81. The lowest BCUT2D eigenvalue weighted by Gasteiger charge is -2.56. The molecule has 7 nitrogen and oxygen atoms in total. The number of ether oxygens (including phenoxy) is 3. The van der Waals surface area contributed by atoms with Crippen molar-refractivity contribution in [3.63, 3.8) is 0 Å². The van der Waals surface area contributed by atoms with Crippen molar-refractivity contribution < 1.29 is 33.7 Å². The van der Waals surface area contributed by atoms with Crippen molar-refractivity contribution in [2.24, 2.45) is 11.8 Å². The molecule has 4 atom stereocenters. The Balaban J connectivity index is 1.67. The second-order valence-electron chi connectivity index (χ2n) is 13.1. The third-order valence-electron chi connectivity index (χ3n) is 9.23. The third kappa shape index (κ3) is 3.30. The van der Waals surface area contributed by atoms with Crippen LogP contribution in [0, 0.1) is 11.8 Å². The lowest BCUT2D eigenvalue weighted by atomic mass is 9.51. The first kappa shape index (κ1) is 26.8. The van der Waals surface area contributed by atoms with E-state index in [-0.39, 0.29) is 41.0 Å². The van der Waals surface area contributed by atoms with E-state index in [0.29, 0.717) is 40.9 Å². The predicted octanol–water partition coefficient (Wildman–Crippen LogP) is 5.63. The molecule has 1 aromatic carbocycles. The Morgan fingerprint density at radius 3 is 2.48 bits per heavy atom. The van der Waals surface area contributed by atoms with Crippen molar-refractivity contribution in [1.82, 2.24) is 0 Å². The number of carbonyl (C=O) groups is 3. The first-order valence-corrected chi connectivity index (χ1v) is 13.9. The Morgan fingerprint density at radius 2 is 1.80 bits per heavy atom. The number of hydrogen-bond acceptors (Lipinski definition) is 7. The van der Waals surface area contributed by atoms with Crippen molar-refractivity contribution in [2.45, 2.75) is 90.1 Å². The molecule has 6 aliphatic rings. The van der Waals surface area contributed by atoms with Crippen molar-refractivity contribution in [3.8, 4) is 17.2 Å². The number of aldehydes is 1. The molecule has 0 aromatic heterocycles. The molecule has 0 unspecified atom stereocenters. The van der Waals surface area contributed by atoms with Gasteiger partial charge in [0, 0.05) is 29.4 Å². The number of Topliss-reactive ketones (excluding diaryl/α,β-unsaturated/α-hetero) is 2. The molecule has 1 aromatic rings. The van der Waals surface area contributed by atoms with Crippen LogP contribution in [0.1, 0.15) is 82.8 Å². The second-order valence-corrected chi connectivity index (χ2v) is 13.1. The molecule has 210 valence electrons. The van der Waals surface area contributed by atoms with E-state index in [9.17, 15) is 19.5 Å². The minimum atomic E-state index is -1.49. The minimum absolute atomic E-state index is 0.0905. The van der Waals surface area contributed by atoms with Gasteiger partial charge in [0.1, 0.15) is 34.7 Å². The van der Waals surface area contributed by atoms with Crippen LogP contribution in [0.4, 0.5) is 0 Å². The SMILES string of the molecule is CC(C)=CCc1c2c(c(O)c3c1O[C@]14C(=C[C@H]5C[C@@H]1C(C)(C)O[C@@]4(C/C=C(\C)C=O)C5=O)C3=O)C=CC(C)(C)O2. The standard InChI is InChI=1S/C33H36O7/c1-17(2)8-9-21-27-20(11-12-30(4,5)38-27)25(35)24-26(36)22-14-19-15-23-31(6,7)40-32(29(19)37,13-10-18(3)16-34)33(22,23)39-28(21)24/h8,10-12,14,16,19,23,35H,9,13,15H2,1-7H3/b18-10+/t19-,23+,32-,33+/m0/s1. The van der Waals surface area contributed by atoms with Gasteiger partial charge in [-0.2, -0.15) is 0 Å². The zero-order valence-electron chi connectivity index (χ0n) is 24.1. The number of hydrogen-bond donors (Lipinski definition) is 1. The van der Waals surface area contributed by atoms with Crippen LogP contribution in [0.25, 0.3) is 6.08 Å². The summed E-state index contributed by atoms with van der Waals surface area (Å²) in [7, 11) is 0. The molecule has 3 aliphatic heterocycles. The molecular formula is C33H36O7. The van der Waals surface area contributed by atoms with Crippen molar-refractivity contribution in [1.29, 1.82) is 0 Å². The van der Waals surface area contributed by atoms with E-state index >= 15 is 0 Å². The molecule has 3 aliphatic carbocycles. The average molecular weight is 545 g/mol. The number of phenols is 1. The first-order valence-electron chi connectivity index (χ1n) is 13.9. The zero-order valence-corrected chi connectivity index (χ0v) is 24.1. The molecule has 7 rings (SSSR count). The maximum Gasteiger partial charge on any atom is 0.200 e. The molecule has 0 amide bonds. The van der Waals surface area contributed by atoms with Crippen LogP contribution in [0.3, 0.4) is 0 Å². The fraction of sp³-hybridized carbons (Fsp3) is 0.485. The summed E-state index contributed by atoms with van der Waals surface area (Å²) < 4.78 is 20.2. The predicted molar refractivity (Wildman–Crippen MR) is 150 cm³/mol. The first-order chi connectivity index (χ1) is 18.7. The highest BCUT2D eigenvalue weighted by atomic mass is 16.6. The number of ketones is 2. The van der Waals surface area contributed by atoms with Gasteiger partial charge < -0.3 is 19.3 Å². The summed E-state index contributed by atoms with van der Waals surface area (Å²) in [4.78, 5) is 40.1. The molecule has 7 heteroatoms. The molecule has 4 bridgehead atoms. The quantitative estimate of drug-likeness (QED) is 0.292. The van der Waals surface area contributed by atoms with Gasteiger partial charge in [-0.05, 0) is 79.0 Å². The van der Waals surface area contributed by atoms with Crippen LogP contribution in [0.2, 0.25) is 0 Å². The Morgan fingerprint density at radius 1 is 1.07 bits per heavy atom. The lowest BCUT2D eigenvalue weighted by Crippen LogP contribution is -2.72. The average Bonchev–Trinajstić information content (AvgIpc) is 3.03. The summed E-state index contributed by atoms with van der Waals surface area (Å²) in [6.45, 7) is 13.4. The van der Waals surface area contributed by atoms with Gasteiger partial charge in [-0.3, -0.25) is 14.4 Å². The maximum absolute atomic E-state index is 14.5. The van der Waals surface area contributed by atoms with Gasteiger partial charge in [0.15, 0.2) is 22.8 Å². The number of rotatable bonds is 5. The van der Waals surface area contributed by atoms with Crippen molar-refractivity contribution in [3.05, 3.63) is 57.7 Å². The fourth-order valence-electron chi connectivity index (χ4n) is 7.41. The zero-order chi connectivity index (χ0) is 29.0. The summed E-state index contributed by atoms with van der Waals surface area (Å²) in [5.74, 6) is -0.814. The number of allylic oxidation sites excluding steroid dienone is 4. The smallest absolute Gasteiger partial charge is 0.200 e. The molecule has 0 radical (unpaired) electrons. The number of benzene rings is 1. The van der Waals surface area contributed by atoms with Crippen LogP contribution in [-0.2, 0) is 20.7 Å². The lowest BCUT2D eigenvalue weighted by molar-refractivity contribution is -0.171. The van der Waals surface area contributed by atoms with Crippen molar-refractivity contribution >= 4 is 23.9 Å². The van der Waals surface area contributed by atoms with Gasteiger partial charge in [0.05, 0.1) is 11.2 Å². The third-order valence-corrected chi connectivity index (χ3v) is 9.23. The van der Waals surface area contributed by atoms with Crippen LogP contribution in [0.5, 0.6) is 17.2 Å². The van der Waals surface area contributed by atoms with Gasteiger partial charge in [0.25, 0.3) is 0 Å². The minimum Gasteiger partial charge on any atom is -0.506 e. The Labute approximate surface area is 234 Å². The second kappa shape index (κ2) is 8.29. The van der Waals surface area contributed by atoms with Crippen molar-refractivity contribution in [2.75, 3.05) is 0 Å². The highest BCUT2D eigenvalue weighted by molar-refractivity contribution is 6.19. The Hall–Kier alpha value is -3.45. The fourth-order valence-corrected chi connectivity index (χ4v) is 7.41. The molecule has 3 heterocycles. The monoisotopic (exact) mass is 544 g/mol. The van der Waals surface area contributed by atoms with Crippen LogP contribution >= 0.6 is 0 Å². The van der Waals surface area contributed by atoms with Crippen LogP contribution < -0.4 is 9.47 Å². The molecule has 1 saturated carbocycles. The van der Waals surface area contributed by atoms with E-state index < -0.39 is 28.3 Å².